The first kappa shape index (κ1) is 14.9. The number of nitrogens with zero attached hydrogens (tertiary/aromatic N) is 1. The number of carbonyl (C=O) groups is 1. The van der Waals surface area contributed by atoms with Gasteiger partial charge in [-0.1, -0.05) is 0 Å². The van der Waals surface area contributed by atoms with Gasteiger partial charge in [0.15, 0.2) is 0 Å². The monoisotopic (exact) mass is 282 g/mol. The molecule has 6 heteroatoms. The van der Waals surface area contributed by atoms with E-state index in [0.717, 1.165) is 17.1 Å². The van der Waals surface area contributed by atoms with Crippen LogP contribution in [0.15, 0.2) is 10.5 Å². The molecule has 1 atom stereocenters. The summed E-state index contributed by atoms with van der Waals surface area (Å²) in [6.07, 6.45) is -0.0441. The highest BCUT2D eigenvalue weighted by atomic mass is 16.5. The predicted molar refractivity (Wildman–Crippen MR) is 73.6 cm³/mol. The van der Waals surface area contributed by atoms with Crippen LogP contribution in [0, 0.1) is 13.8 Å². The number of rotatable bonds is 4. The molecule has 2 heterocycles. The Balaban J connectivity index is 1.83. The van der Waals surface area contributed by atoms with Crippen LogP contribution in [0.1, 0.15) is 17.1 Å². The van der Waals surface area contributed by atoms with Crippen molar-refractivity contribution in [1.29, 1.82) is 0 Å². The van der Waals surface area contributed by atoms with Gasteiger partial charge in [0.2, 0.25) is 0 Å². The van der Waals surface area contributed by atoms with Crippen molar-refractivity contribution in [2.24, 2.45) is 0 Å². The van der Waals surface area contributed by atoms with Gasteiger partial charge in [0.1, 0.15) is 11.5 Å². The fraction of sp³-hybridized carbons (Fsp3) is 0.643. The van der Waals surface area contributed by atoms with Gasteiger partial charge in [0.05, 0.1) is 25.9 Å². The second-order valence-corrected chi connectivity index (χ2v) is 4.99. The van der Waals surface area contributed by atoms with Crippen molar-refractivity contribution in [2.75, 3.05) is 33.4 Å². The maximum atomic E-state index is 12.1. The van der Waals surface area contributed by atoms with Crippen LogP contribution in [0.25, 0.3) is 0 Å². The van der Waals surface area contributed by atoms with Crippen molar-refractivity contribution in [3.63, 3.8) is 0 Å². The van der Waals surface area contributed by atoms with Crippen LogP contribution < -0.4 is 5.32 Å². The molecule has 0 bridgehead atoms. The number of carbonyl (C=O) groups excluding carboxylic acids is 1. The first-order valence-electron chi connectivity index (χ1n) is 6.79. The highest BCUT2D eigenvalue weighted by Gasteiger charge is 2.24. The molecule has 2 rings (SSSR count). The molecule has 1 aliphatic rings. The second-order valence-electron chi connectivity index (χ2n) is 4.99. The van der Waals surface area contributed by atoms with E-state index >= 15 is 0 Å². The van der Waals surface area contributed by atoms with Crippen LogP contribution in [-0.4, -0.2) is 50.4 Å². The molecule has 6 nitrogen and oxygen atoms in total. The van der Waals surface area contributed by atoms with Gasteiger partial charge < -0.3 is 24.1 Å². The first-order chi connectivity index (χ1) is 9.60. The summed E-state index contributed by atoms with van der Waals surface area (Å²) in [6.45, 7) is 6.50. The molecule has 1 unspecified atom stereocenters. The lowest BCUT2D eigenvalue weighted by Crippen LogP contribution is -2.50. The largest absolute Gasteiger partial charge is 0.466 e. The normalized spacial score (nSPS) is 19.1. The Morgan fingerprint density at radius 3 is 3.00 bits per heavy atom. The maximum Gasteiger partial charge on any atom is 0.317 e. The van der Waals surface area contributed by atoms with Crippen LogP contribution in [0.2, 0.25) is 0 Å². The first-order valence-corrected chi connectivity index (χ1v) is 6.79. The molecular weight excluding hydrogens is 260 g/mol. The summed E-state index contributed by atoms with van der Waals surface area (Å²) >= 11 is 0. The van der Waals surface area contributed by atoms with E-state index in [1.165, 1.54) is 0 Å². The average molecular weight is 282 g/mol. The van der Waals surface area contributed by atoms with Crippen LogP contribution in [-0.2, 0) is 16.0 Å². The van der Waals surface area contributed by atoms with Gasteiger partial charge in [-0.3, -0.25) is 0 Å². The van der Waals surface area contributed by atoms with Gasteiger partial charge >= 0.3 is 6.03 Å². The molecule has 0 saturated carbocycles. The number of morpholine rings is 1. The minimum absolute atomic E-state index is 0.0441. The Morgan fingerprint density at radius 1 is 1.55 bits per heavy atom. The highest BCUT2D eigenvalue weighted by molar-refractivity contribution is 5.74. The maximum absolute atomic E-state index is 12.1. The minimum atomic E-state index is -0.0762. The molecule has 2 amide bonds. The molecule has 0 aromatic carbocycles. The molecule has 1 aromatic heterocycles. The lowest BCUT2D eigenvalue weighted by molar-refractivity contribution is -0.0494. The molecule has 1 fully saturated rings. The minimum Gasteiger partial charge on any atom is -0.466 e. The third-order valence-electron chi connectivity index (χ3n) is 3.35. The quantitative estimate of drug-likeness (QED) is 0.908. The zero-order valence-electron chi connectivity index (χ0n) is 12.3. The van der Waals surface area contributed by atoms with E-state index in [9.17, 15) is 4.79 Å². The van der Waals surface area contributed by atoms with Crippen LogP contribution in [0.5, 0.6) is 0 Å². The van der Waals surface area contributed by atoms with E-state index in [-0.39, 0.29) is 12.1 Å². The Bertz CT molecular complexity index is 456. The Labute approximate surface area is 119 Å². The van der Waals surface area contributed by atoms with Crippen LogP contribution in [0.4, 0.5) is 4.79 Å². The SMILES string of the molecule is COCC1CN(C(=O)NCc2cc(C)oc2C)CCO1. The van der Waals surface area contributed by atoms with E-state index in [4.69, 9.17) is 13.9 Å². The zero-order valence-corrected chi connectivity index (χ0v) is 12.3. The molecule has 112 valence electrons. The second kappa shape index (κ2) is 6.76. The van der Waals surface area contributed by atoms with Crippen molar-refractivity contribution < 1.29 is 18.7 Å². The molecule has 0 spiro atoms. The van der Waals surface area contributed by atoms with Gasteiger partial charge in [0, 0.05) is 25.8 Å². The third kappa shape index (κ3) is 3.74. The Morgan fingerprint density at radius 2 is 2.35 bits per heavy atom. The van der Waals surface area contributed by atoms with Gasteiger partial charge in [0.25, 0.3) is 0 Å². The lowest BCUT2D eigenvalue weighted by Gasteiger charge is -2.32. The third-order valence-corrected chi connectivity index (χ3v) is 3.35. The van der Waals surface area contributed by atoms with Gasteiger partial charge in [-0.05, 0) is 19.9 Å². The van der Waals surface area contributed by atoms with Crippen LogP contribution in [0.3, 0.4) is 0 Å². The number of urea groups is 1. The van der Waals surface area contributed by atoms with Crippen molar-refractivity contribution in [3.8, 4) is 0 Å². The molecule has 1 aromatic rings. The van der Waals surface area contributed by atoms with E-state index in [2.05, 4.69) is 5.32 Å². The number of ether oxygens (including phenoxy) is 2. The fourth-order valence-corrected chi connectivity index (χ4v) is 2.33. The number of amides is 2. The summed E-state index contributed by atoms with van der Waals surface area (Å²) in [5.41, 5.74) is 1.01. The number of hydrogen-bond donors (Lipinski definition) is 1. The smallest absolute Gasteiger partial charge is 0.317 e. The number of furan rings is 1. The van der Waals surface area contributed by atoms with Crippen molar-refractivity contribution in [1.82, 2.24) is 10.2 Å². The molecule has 1 aliphatic heterocycles. The standard InChI is InChI=1S/C14H22N2O4/c1-10-6-12(11(2)20-10)7-15-14(17)16-4-5-19-13(8-16)9-18-3/h6,13H,4-5,7-9H2,1-3H3,(H,15,17). The number of aryl methyl sites for hydroxylation is 2. The predicted octanol–water partition coefficient (Wildman–Crippen LogP) is 1.45. The number of methoxy groups -OCH3 is 1. The van der Waals surface area contributed by atoms with E-state index in [1.807, 2.05) is 19.9 Å². The zero-order chi connectivity index (χ0) is 14.5. The summed E-state index contributed by atoms with van der Waals surface area (Å²) in [6, 6.07) is 1.87. The fourth-order valence-electron chi connectivity index (χ4n) is 2.33. The van der Waals surface area contributed by atoms with Crippen molar-refractivity contribution >= 4 is 6.03 Å². The highest BCUT2D eigenvalue weighted by Crippen LogP contribution is 2.13. The van der Waals surface area contributed by atoms with Gasteiger partial charge in [-0.25, -0.2) is 4.79 Å². The van der Waals surface area contributed by atoms with E-state index in [1.54, 1.807) is 12.0 Å². The Kier molecular flexibility index (Phi) is 5.03. The summed E-state index contributed by atoms with van der Waals surface area (Å²) in [5, 5.41) is 2.92. The van der Waals surface area contributed by atoms with E-state index < -0.39 is 0 Å². The summed E-state index contributed by atoms with van der Waals surface area (Å²) in [5.74, 6) is 1.71. The van der Waals surface area contributed by atoms with Gasteiger partial charge in [-0.2, -0.15) is 0 Å². The van der Waals surface area contributed by atoms with Crippen molar-refractivity contribution in [3.05, 3.63) is 23.2 Å². The molecular formula is C14H22N2O4. The molecule has 1 saturated heterocycles. The number of nitrogens with one attached hydrogen (secondary N) is 1. The average Bonchev–Trinajstić information content (AvgIpc) is 2.75. The molecule has 0 radical (unpaired) electrons. The summed E-state index contributed by atoms with van der Waals surface area (Å²) in [7, 11) is 1.63. The van der Waals surface area contributed by atoms with Crippen LogP contribution >= 0.6 is 0 Å². The van der Waals surface area contributed by atoms with Crippen molar-refractivity contribution in [2.45, 2.75) is 26.5 Å². The molecule has 20 heavy (non-hydrogen) atoms. The summed E-state index contributed by atoms with van der Waals surface area (Å²) in [4.78, 5) is 13.9. The van der Waals surface area contributed by atoms with E-state index in [0.29, 0.717) is 32.8 Å². The number of hydrogen-bond acceptors (Lipinski definition) is 4. The summed E-state index contributed by atoms with van der Waals surface area (Å²) < 4.78 is 16.0. The Hall–Kier alpha value is -1.53. The lowest BCUT2D eigenvalue weighted by atomic mass is 10.2. The molecule has 1 N–H and O–H groups in total. The van der Waals surface area contributed by atoms with Gasteiger partial charge in [-0.15, -0.1) is 0 Å². The molecule has 0 aliphatic carbocycles. The topological polar surface area (TPSA) is 63.9 Å².